The quantitative estimate of drug-likeness (QED) is 0.579. The molecule has 0 bridgehead atoms. The van der Waals surface area contributed by atoms with E-state index in [0.29, 0.717) is 6.61 Å². The maximum atomic E-state index is 10.6. The van der Waals surface area contributed by atoms with Crippen molar-refractivity contribution in [2.45, 2.75) is 6.04 Å². The van der Waals surface area contributed by atoms with E-state index in [2.05, 4.69) is 15.1 Å². The van der Waals surface area contributed by atoms with Gasteiger partial charge in [0.25, 0.3) is 0 Å². The number of ether oxygens (including phenoxy) is 1. The van der Waals surface area contributed by atoms with Crippen molar-refractivity contribution >= 4 is 6.09 Å². The van der Waals surface area contributed by atoms with Crippen molar-refractivity contribution in [1.29, 1.82) is 0 Å². The molecule has 5 heteroatoms. The predicted molar refractivity (Wildman–Crippen MR) is 37.7 cm³/mol. The first kappa shape index (κ1) is 7.02. The Bertz CT molecular complexity index is 258. The van der Waals surface area contributed by atoms with E-state index in [1.807, 2.05) is 0 Å². The molecule has 2 heterocycles. The molecule has 1 saturated heterocycles. The van der Waals surface area contributed by atoms with Crippen LogP contribution in [0, 0.1) is 0 Å². The van der Waals surface area contributed by atoms with Crippen LogP contribution in [0.1, 0.15) is 0 Å². The third-order valence-corrected chi connectivity index (χ3v) is 1.63. The molecule has 2 rings (SSSR count). The zero-order valence-electron chi connectivity index (χ0n) is 6.15. The van der Waals surface area contributed by atoms with Crippen LogP contribution in [0.4, 0.5) is 4.79 Å². The van der Waals surface area contributed by atoms with Gasteiger partial charge in [0, 0.05) is 5.57 Å². The average molecular weight is 169 g/mol. The summed E-state index contributed by atoms with van der Waals surface area (Å²) in [5, 5.41) is 2.61. The van der Waals surface area contributed by atoms with Gasteiger partial charge in [0.1, 0.15) is 19.1 Å². The molecule has 1 N–H and O–H groups in total. The summed E-state index contributed by atoms with van der Waals surface area (Å²) < 4.78 is 4.70. The van der Waals surface area contributed by atoms with Gasteiger partial charge in [-0.25, -0.2) is 4.79 Å². The summed E-state index contributed by atoms with van der Waals surface area (Å²) >= 11 is 0. The number of hydrogen-bond acceptors (Lipinski definition) is 4. The highest BCUT2D eigenvalue weighted by Crippen LogP contribution is 2.13. The minimum atomic E-state index is -0.402. The Hall–Kier alpha value is -1.65. The zero-order valence-corrected chi connectivity index (χ0v) is 6.15. The Morgan fingerprint density at radius 1 is 1.50 bits per heavy atom. The minimum Gasteiger partial charge on any atom is -0.447 e. The van der Waals surface area contributed by atoms with Crippen molar-refractivity contribution in [3.8, 4) is 0 Å². The normalized spacial score (nSPS) is 26.5. The van der Waals surface area contributed by atoms with Crippen LogP contribution in [-0.2, 0) is 14.5 Å². The molecule has 0 aromatic rings. The number of amides is 1. The maximum Gasteiger partial charge on any atom is 0.407 e. The molecule has 0 radical (unpaired) electrons. The lowest BCUT2D eigenvalue weighted by Gasteiger charge is -2.10. The third-order valence-electron chi connectivity index (χ3n) is 1.63. The van der Waals surface area contributed by atoms with E-state index in [1.165, 1.54) is 12.5 Å². The lowest BCUT2D eigenvalue weighted by molar-refractivity contribution is -0.199. The lowest BCUT2D eigenvalue weighted by atomic mass is 10.1. The Balaban J connectivity index is 2.05. The van der Waals surface area contributed by atoms with Crippen LogP contribution in [-0.4, -0.2) is 18.7 Å². The summed E-state index contributed by atoms with van der Waals surface area (Å²) in [4.78, 5) is 19.7. The summed E-state index contributed by atoms with van der Waals surface area (Å²) in [7, 11) is 0. The van der Waals surface area contributed by atoms with Crippen molar-refractivity contribution in [1.82, 2.24) is 5.32 Å². The fraction of sp³-hybridized carbons (Fsp3) is 0.286. The van der Waals surface area contributed by atoms with Crippen molar-refractivity contribution in [2.24, 2.45) is 0 Å². The molecule has 0 aromatic carbocycles. The second kappa shape index (κ2) is 2.77. The smallest absolute Gasteiger partial charge is 0.407 e. The van der Waals surface area contributed by atoms with Gasteiger partial charge in [-0.3, -0.25) is 9.78 Å². The molecule has 0 aliphatic carbocycles. The van der Waals surface area contributed by atoms with E-state index in [4.69, 9.17) is 4.74 Å². The number of hydrogen-bond donors (Lipinski definition) is 1. The van der Waals surface area contributed by atoms with Gasteiger partial charge in [0.15, 0.2) is 0 Å². The molecule has 0 aromatic heterocycles. The lowest BCUT2D eigenvalue weighted by Crippen LogP contribution is -2.28. The number of rotatable bonds is 1. The second-order valence-corrected chi connectivity index (χ2v) is 2.41. The van der Waals surface area contributed by atoms with Crippen LogP contribution < -0.4 is 5.32 Å². The summed E-state index contributed by atoms with van der Waals surface area (Å²) in [5.41, 5.74) is 0.826. The highest BCUT2D eigenvalue weighted by molar-refractivity contribution is 5.70. The number of alkyl carbamates (subject to hydrolysis) is 1. The van der Waals surface area contributed by atoms with E-state index in [9.17, 15) is 4.79 Å². The Labute approximate surface area is 68.5 Å². The standard InChI is InChI=1S/C7H7NO4/c9-7-8-6(4-10-7)5-1-2-11-12-3-5/h1-3,6H,4H2,(H,8,9)/t6-/m0/s1. The number of carbonyl (C=O) groups is 1. The number of cyclic esters (lactones) is 1. The first-order valence-electron chi connectivity index (χ1n) is 3.48. The molecule has 0 unspecified atom stereocenters. The highest BCUT2D eigenvalue weighted by Gasteiger charge is 2.25. The van der Waals surface area contributed by atoms with Gasteiger partial charge >= 0.3 is 6.09 Å². The van der Waals surface area contributed by atoms with Crippen molar-refractivity contribution in [3.05, 3.63) is 24.2 Å². The average Bonchev–Trinajstić information content (AvgIpc) is 2.54. The highest BCUT2D eigenvalue weighted by atomic mass is 17.2. The van der Waals surface area contributed by atoms with E-state index >= 15 is 0 Å². The van der Waals surface area contributed by atoms with Gasteiger partial charge in [0.05, 0.1) is 6.04 Å². The summed E-state index contributed by atoms with van der Waals surface area (Å²) in [6.07, 6.45) is 4.14. The number of nitrogens with one attached hydrogen (secondary N) is 1. The SMILES string of the molecule is O=C1N[C@H](C2=COOC=C2)CO1. The van der Waals surface area contributed by atoms with Crippen molar-refractivity contribution in [3.63, 3.8) is 0 Å². The predicted octanol–water partition coefficient (Wildman–Crippen LogP) is 0.454. The zero-order chi connectivity index (χ0) is 8.39. The molecule has 2 aliphatic rings. The van der Waals surface area contributed by atoms with Gasteiger partial charge in [0.2, 0.25) is 0 Å². The van der Waals surface area contributed by atoms with Gasteiger partial charge in [-0.15, -0.1) is 0 Å². The molecule has 2 aliphatic heterocycles. The first-order valence-corrected chi connectivity index (χ1v) is 3.48. The summed E-state index contributed by atoms with van der Waals surface area (Å²) in [6.45, 7) is 0.332. The molecule has 1 amide bonds. The van der Waals surface area contributed by atoms with Crippen LogP contribution in [0.25, 0.3) is 0 Å². The molecule has 12 heavy (non-hydrogen) atoms. The fourth-order valence-corrected chi connectivity index (χ4v) is 1.02. The molecule has 0 saturated carbocycles. The topological polar surface area (TPSA) is 56.8 Å². The Morgan fingerprint density at radius 2 is 2.42 bits per heavy atom. The molecule has 0 spiro atoms. The number of carbonyl (C=O) groups excluding carboxylic acids is 1. The Kier molecular flexibility index (Phi) is 1.62. The molecule has 1 atom stereocenters. The van der Waals surface area contributed by atoms with E-state index in [1.54, 1.807) is 6.08 Å². The fourth-order valence-electron chi connectivity index (χ4n) is 1.02. The third kappa shape index (κ3) is 1.20. The largest absolute Gasteiger partial charge is 0.447 e. The maximum absolute atomic E-state index is 10.6. The van der Waals surface area contributed by atoms with Crippen LogP contribution in [0.5, 0.6) is 0 Å². The van der Waals surface area contributed by atoms with Gasteiger partial charge < -0.3 is 10.1 Å². The van der Waals surface area contributed by atoms with Crippen LogP contribution in [0.3, 0.4) is 0 Å². The van der Waals surface area contributed by atoms with Crippen LogP contribution in [0.15, 0.2) is 24.2 Å². The van der Waals surface area contributed by atoms with E-state index in [-0.39, 0.29) is 6.04 Å². The molecule has 5 nitrogen and oxygen atoms in total. The van der Waals surface area contributed by atoms with Crippen molar-refractivity contribution < 1.29 is 19.3 Å². The van der Waals surface area contributed by atoms with Crippen LogP contribution >= 0.6 is 0 Å². The summed E-state index contributed by atoms with van der Waals surface area (Å²) in [6, 6.07) is -0.127. The Morgan fingerprint density at radius 3 is 3.00 bits per heavy atom. The second-order valence-electron chi connectivity index (χ2n) is 2.41. The molecule has 64 valence electrons. The molecular weight excluding hydrogens is 162 g/mol. The van der Waals surface area contributed by atoms with E-state index < -0.39 is 6.09 Å². The van der Waals surface area contributed by atoms with Gasteiger partial charge in [-0.2, -0.15) is 0 Å². The minimum absolute atomic E-state index is 0.127. The first-order chi connectivity index (χ1) is 5.86. The van der Waals surface area contributed by atoms with Gasteiger partial charge in [-0.1, -0.05) is 0 Å². The monoisotopic (exact) mass is 169 g/mol. The van der Waals surface area contributed by atoms with E-state index in [0.717, 1.165) is 5.57 Å². The van der Waals surface area contributed by atoms with Gasteiger partial charge in [-0.05, 0) is 6.08 Å². The van der Waals surface area contributed by atoms with Crippen LogP contribution in [0.2, 0.25) is 0 Å². The van der Waals surface area contributed by atoms with Crippen molar-refractivity contribution in [2.75, 3.05) is 6.61 Å². The summed E-state index contributed by atoms with van der Waals surface area (Å²) in [5.74, 6) is 0. The molecular formula is C7H7NO4. The molecule has 1 fully saturated rings.